The van der Waals surface area contributed by atoms with Crippen molar-refractivity contribution in [2.24, 2.45) is 0 Å². The molecule has 0 unspecified atom stereocenters. The Morgan fingerprint density at radius 3 is 2.70 bits per heavy atom. The van der Waals surface area contributed by atoms with Gasteiger partial charge in [0.1, 0.15) is 23.8 Å². The lowest BCUT2D eigenvalue weighted by Crippen LogP contribution is -2.33. The van der Waals surface area contributed by atoms with Crippen molar-refractivity contribution >= 4 is 22.9 Å². The van der Waals surface area contributed by atoms with Crippen LogP contribution in [0.1, 0.15) is 0 Å². The summed E-state index contributed by atoms with van der Waals surface area (Å²) < 4.78 is 6.63. The predicted molar refractivity (Wildman–Crippen MR) is 66.8 cm³/mol. The van der Waals surface area contributed by atoms with E-state index in [1.165, 1.54) is 10.9 Å². The van der Waals surface area contributed by atoms with Gasteiger partial charge >= 0.3 is 0 Å². The SMILES string of the molecule is Nc1nc(N)c2ncn([C]3O[C@H](CO)[C@@H](O)[C@H]3O)c2n1. The molecule has 3 heterocycles. The largest absolute Gasteiger partial charge is 0.394 e. The number of ether oxygens (including phenoxy) is 1. The molecule has 1 fully saturated rings. The molecule has 2 aromatic heterocycles. The van der Waals surface area contributed by atoms with Gasteiger partial charge in [0.15, 0.2) is 11.5 Å². The summed E-state index contributed by atoms with van der Waals surface area (Å²) >= 11 is 0. The Bertz CT molecular complexity index is 646. The van der Waals surface area contributed by atoms with E-state index >= 15 is 0 Å². The van der Waals surface area contributed by atoms with Crippen molar-refractivity contribution in [3.05, 3.63) is 12.6 Å². The number of nitrogens with zero attached hydrogens (tertiary/aromatic N) is 4. The first-order chi connectivity index (χ1) is 9.52. The van der Waals surface area contributed by atoms with Crippen molar-refractivity contribution in [1.29, 1.82) is 0 Å². The summed E-state index contributed by atoms with van der Waals surface area (Å²) in [5.41, 5.74) is 11.7. The number of hydrogen-bond acceptors (Lipinski definition) is 9. The van der Waals surface area contributed by atoms with Crippen molar-refractivity contribution in [3.8, 4) is 0 Å². The van der Waals surface area contributed by atoms with E-state index in [1.807, 2.05) is 0 Å². The van der Waals surface area contributed by atoms with Crippen LogP contribution in [0.2, 0.25) is 0 Å². The maximum Gasteiger partial charge on any atom is 0.228 e. The molecule has 107 valence electrons. The maximum atomic E-state index is 9.95. The second-order valence-corrected chi connectivity index (χ2v) is 4.37. The molecule has 0 spiro atoms. The minimum absolute atomic E-state index is 0.00319. The van der Waals surface area contributed by atoms with E-state index in [0.29, 0.717) is 5.52 Å². The van der Waals surface area contributed by atoms with Gasteiger partial charge in [-0.3, -0.25) is 4.57 Å². The van der Waals surface area contributed by atoms with Gasteiger partial charge in [0.05, 0.1) is 12.9 Å². The molecule has 10 heteroatoms. The predicted octanol–water partition coefficient (Wildman–Crippen LogP) is -2.56. The minimum atomic E-state index is -1.32. The lowest BCUT2D eigenvalue weighted by Gasteiger charge is -2.14. The van der Waals surface area contributed by atoms with Crippen molar-refractivity contribution in [3.63, 3.8) is 0 Å². The Hall–Kier alpha value is -2.01. The van der Waals surface area contributed by atoms with Gasteiger partial charge in [0.2, 0.25) is 12.2 Å². The fourth-order valence-electron chi connectivity index (χ4n) is 2.09. The average molecular weight is 281 g/mol. The second-order valence-electron chi connectivity index (χ2n) is 4.37. The number of rotatable bonds is 2. The highest BCUT2D eigenvalue weighted by molar-refractivity contribution is 5.83. The number of nitrogens with two attached hydrogens (primary N) is 2. The van der Waals surface area contributed by atoms with Crippen LogP contribution in [0.4, 0.5) is 11.8 Å². The van der Waals surface area contributed by atoms with Crippen LogP contribution in [0.15, 0.2) is 6.33 Å². The zero-order chi connectivity index (χ0) is 14.4. The van der Waals surface area contributed by atoms with Crippen molar-refractivity contribution < 1.29 is 20.1 Å². The van der Waals surface area contributed by atoms with Gasteiger partial charge in [-0.15, -0.1) is 0 Å². The number of nitrogen functional groups attached to an aromatic ring is 2. The van der Waals surface area contributed by atoms with E-state index in [4.69, 9.17) is 21.3 Å². The molecule has 1 aliphatic rings. The van der Waals surface area contributed by atoms with Crippen LogP contribution in [0.3, 0.4) is 0 Å². The first kappa shape index (κ1) is 13.0. The smallest absolute Gasteiger partial charge is 0.228 e. The molecule has 0 amide bonds. The lowest BCUT2D eigenvalue weighted by molar-refractivity contribution is -0.00653. The number of anilines is 2. The molecule has 0 bridgehead atoms. The van der Waals surface area contributed by atoms with E-state index < -0.39 is 24.9 Å². The fraction of sp³-hybridized carbons (Fsp3) is 0.400. The van der Waals surface area contributed by atoms with E-state index in [2.05, 4.69) is 15.0 Å². The molecule has 3 atom stereocenters. The summed E-state index contributed by atoms with van der Waals surface area (Å²) in [5, 5.41) is 28.8. The van der Waals surface area contributed by atoms with Gasteiger partial charge < -0.3 is 31.5 Å². The van der Waals surface area contributed by atoms with Gasteiger partial charge in [-0.25, -0.2) is 4.98 Å². The molecule has 1 saturated heterocycles. The fourth-order valence-corrected chi connectivity index (χ4v) is 2.09. The molecule has 0 saturated carbocycles. The summed E-state index contributed by atoms with van der Waals surface area (Å²) in [7, 11) is 0. The Morgan fingerprint density at radius 2 is 2.05 bits per heavy atom. The number of aliphatic hydroxyl groups excluding tert-OH is 3. The third-order valence-electron chi connectivity index (χ3n) is 3.09. The Kier molecular flexibility index (Phi) is 2.94. The highest BCUT2D eigenvalue weighted by atomic mass is 16.6. The Labute approximate surface area is 112 Å². The van der Waals surface area contributed by atoms with Crippen LogP contribution in [-0.2, 0) is 4.74 Å². The molecule has 0 aliphatic carbocycles. The topological polar surface area (TPSA) is 166 Å². The maximum absolute atomic E-state index is 9.95. The summed E-state index contributed by atoms with van der Waals surface area (Å²) in [6.45, 7) is -0.437. The molecule has 7 N–H and O–H groups in total. The first-order valence-corrected chi connectivity index (χ1v) is 5.80. The minimum Gasteiger partial charge on any atom is -0.394 e. The van der Waals surface area contributed by atoms with Gasteiger partial charge in [-0.05, 0) is 0 Å². The monoisotopic (exact) mass is 281 g/mol. The number of aromatic nitrogens is 4. The Balaban J connectivity index is 2.07. The number of imidazole rings is 1. The summed E-state index contributed by atoms with van der Waals surface area (Å²) in [6.07, 6.45) is -2.17. The standard InChI is InChI=1S/C10H13N6O4/c11-7-4-8(15-10(12)14-7)16(2-13-4)9-6(19)5(18)3(1-17)20-9/h2-3,5-6,17-19H,1H2,(H4,11,12,14,15)/t3-,5-,6-/m1/s1. The van der Waals surface area contributed by atoms with E-state index in [1.54, 1.807) is 0 Å². The molecule has 10 nitrogen and oxygen atoms in total. The van der Waals surface area contributed by atoms with Crippen molar-refractivity contribution in [1.82, 2.24) is 19.5 Å². The van der Waals surface area contributed by atoms with Crippen LogP contribution in [0.5, 0.6) is 0 Å². The van der Waals surface area contributed by atoms with Gasteiger partial charge in [0, 0.05) is 0 Å². The number of hydrogen-bond donors (Lipinski definition) is 5. The molecule has 0 aromatic carbocycles. The lowest BCUT2D eigenvalue weighted by atomic mass is 10.1. The van der Waals surface area contributed by atoms with Crippen molar-refractivity contribution in [2.75, 3.05) is 18.1 Å². The van der Waals surface area contributed by atoms with Gasteiger partial charge in [-0.1, -0.05) is 0 Å². The third kappa shape index (κ3) is 1.78. The van der Waals surface area contributed by atoms with Crippen molar-refractivity contribution in [2.45, 2.75) is 18.3 Å². The van der Waals surface area contributed by atoms with Crippen LogP contribution >= 0.6 is 0 Å². The van der Waals surface area contributed by atoms with Crippen LogP contribution in [-0.4, -0.2) is 59.8 Å². The molecule has 20 heavy (non-hydrogen) atoms. The molecule has 2 aromatic rings. The molecular formula is C10H13N6O4. The highest BCUT2D eigenvalue weighted by Gasteiger charge is 2.45. The van der Waals surface area contributed by atoms with Crippen LogP contribution < -0.4 is 11.5 Å². The molecule has 3 rings (SSSR count). The quantitative estimate of drug-likeness (QED) is 0.398. The summed E-state index contributed by atoms with van der Waals surface area (Å²) in [5.74, 6) is 0.0442. The number of fused-ring (bicyclic) bond motifs is 1. The van der Waals surface area contributed by atoms with E-state index in [0.717, 1.165) is 0 Å². The zero-order valence-corrected chi connectivity index (χ0v) is 10.2. The molecule has 1 aliphatic heterocycles. The summed E-state index contributed by atoms with van der Waals surface area (Å²) in [6, 6.07) is 0. The molecule has 1 radical (unpaired) electrons. The molecular weight excluding hydrogens is 268 g/mol. The van der Waals surface area contributed by atoms with E-state index in [-0.39, 0.29) is 23.6 Å². The highest BCUT2D eigenvalue weighted by Crippen LogP contribution is 2.31. The normalized spacial score (nSPS) is 27.4. The van der Waals surface area contributed by atoms with Gasteiger partial charge in [0.25, 0.3) is 0 Å². The van der Waals surface area contributed by atoms with E-state index in [9.17, 15) is 10.2 Å². The average Bonchev–Trinajstić information content (AvgIpc) is 2.93. The number of aliphatic hydroxyl groups is 3. The van der Waals surface area contributed by atoms with Gasteiger partial charge in [-0.2, -0.15) is 9.97 Å². The zero-order valence-electron chi connectivity index (χ0n) is 10.2. The summed E-state index contributed by atoms with van der Waals surface area (Å²) in [4.78, 5) is 11.8. The first-order valence-electron chi connectivity index (χ1n) is 5.80. The second kappa shape index (κ2) is 4.52. The van der Waals surface area contributed by atoms with Crippen LogP contribution in [0, 0.1) is 6.23 Å². The third-order valence-corrected chi connectivity index (χ3v) is 3.09. The van der Waals surface area contributed by atoms with Crippen LogP contribution in [0.25, 0.3) is 11.2 Å². The Morgan fingerprint density at radius 1 is 1.30 bits per heavy atom.